The van der Waals surface area contributed by atoms with E-state index < -0.39 is 26.8 Å². The number of pyridine rings is 1. The van der Waals surface area contributed by atoms with Crippen molar-refractivity contribution in [3.63, 3.8) is 0 Å². The number of nitrogens with zero attached hydrogens (tertiary/aromatic N) is 1. The zero-order valence-corrected chi connectivity index (χ0v) is 16.9. The van der Waals surface area contributed by atoms with E-state index in [1.807, 2.05) is 48.3 Å². The Labute approximate surface area is 176 Å². The number of hydrogen-bond acceptors (Lipinski definition) is 5. The maximum atomic E-state index is 12.0. The van der Waals surface area contributed by atoms with Gasteiger partial charge in [-0.2, -0.15) is 13.2 Å². The molecule has 0 amide bonds. The number of halogens is 3. The molecule has 0 aliphatic carbocycles. The molecule has 31 heavy (non-hydrogen) atoms. The Morgan fingerprint density at radius 2 is 1.42 bits per heavy atom. The molecule has 0 saturated carbocycles. The summed E-state index contributed by atoms with van der Waals surface area (Å²) in [4.78, 5) is -0.675. The zero-order chi connectivity index (χ0) is 23.2. The van der Waals surface area contributed by atoms with E-state index in [1.54, 1.807) is 6.07 Å². The van der Waals surface area contributed by atoms with Crippen LogP contribution in [-0.2, 0) is 23.3 Å². The Morgan fingerprint density at radius 3 is 1.90 bits per heavy atom. The first-order chi connectivity index (χ1) is 14.4. The molecule has 0 atom stereocenters. The van der Waals surface area contributed by atoms with E-state index in [9.17, 15) is 36.4 Å². The molecule has 3 rings (SSSR count). The van der Waals surface area contributed by atoms with Gasteiger partial charge in [0, 0.05) is 12.1 Å². The number of hydrogen-bond donors (Lipinski definition) is 2. The van der Waals surface area contributed by atoms with Gasteiger partial charge in [0.2, 0.25) is 0 Å². The van der Waals surface area contributed by atoms with Crippen LogP contribution in [0.25, 0.3) is 12.2 Å². The van der Waals surface area contributed by atoms with Crippen molar-refractivity contribution in [1.82, 2.24) is 0 Å². The SMILES string of the molecule is C[n+]1ccc(C=Cc2ccc(O)c(O)c2)cc1.O=S(=O)([O-])c1ccc(C(F)(F)F)cc1. The molecule has 0 unspecified atom stereocenters. The van der Waals surface area contributed by atoms with Gasteiger partial charge >= 0.3 is 6.18 Å². The lowest BCUT2D eigenvalue weighted by molar-refractivity contribution is -0.671. The van der Waals surface area contributed by atoms with E-state index >= 15 is 0 Å². The van der Waals surface area contributed by atoms with Crippen LogP contribution in [0.15, 0.2) is 71.9 Å². The number of phenolic OH excluding ortho intramolecular Hbond substituents is 2. The third-order valence-corrected chi connectivity index (χ3v) is 4.79. The summed E-state index contributed by atoms with van der Waals surface area (Å²) >= 11 is 0. The average molecular weight is 453 g/mol. The molecule has 0 saturated heterocycles. The van der Waals surface area contributed by atoms with Gasteiger partial charge in [-0.15, -0.1) is 0 Å². The fraction of sp³-hybridized carbons (Fsp3) is 0.0952. The Kier molecular flexibility index (Phi) is 7.42. The second-order valence-electron chi connectivity index (χ2n) is 6.35. The molecular formula is C21H18F3NO5S. The minimum atomic E-state index is -4.68. The van der Waals surface area contributed by atoms with E-state index in [0.717, 1.165) is 11.1 Å². The van der Waals surface area contributed by atoms with Gasteiger partial charge in [-0.1, -0.05) is 18.2 Å². The summed E-state index contributed by atoms with van der Waals surface area (Å²) in [5, 5.41) is 18.5. The third-order valence-electron chi connectivity index (χ3n) is 3.94. The molecule has 3 aromatic rings. The molecule has 0 fully saturated rings. The molecule has 164 valence electrons. The number of alkyl halides is 3. The first-order valence-electron chi connectivity index (χ1n) is 8.65. The Balaban J connectivity index is 0.000000225. The monoisotopic (exact) mass is 453 g/mol. The van der Waals surface area contributed by atoms with Crippen molar-refractivity contribution in [3.8, 4) is 11.5 Å². The lowest BCUT2D eigenvalue weighted by Crippen LogP contribution is -2.25. The first-order valence-corrected chi connectivity index (χ1v) is 10.1. The molecule has 0 aliphatic heterocycles. The van der Waals surface area contributed by atoms with Gasteiger partial charge in [0.25, 0.3) is 0 Å². The fourth-order valence-electron chi connectivity index (χ4n) is 2.27. The van der Waals surface area contributed by atoms with Gasteiger partial charge in [0.15, 0.2) is 23.9 Å². The maximum absolute atomic E-state index is 12.0. The van der Waals surface area contributed by atoms with Gasteiger partial charge in [-0.3, -0.25) is 0 Å². The van der Waals surface area contributed by atoms with Crippen LogP contribution in [0.5, 0.6) is 11.5 Å². The summed E-state index contributed by atoms with van der Waals surface area (Å²) in [6, 6.07) is 11.1. The highest BCUT2D eigenvalue weighted by atomic mass is 32.2. The van der Waals surface area contributed by atoms with Crippen molar-refractivity contribution in [1.29, 1.82) is 0 Å². The van der Waals surface area contributed by atoms with Crippen LogP contribution in [-0.4, -0.2) is 23.2 Å². The van der Waals surface area contributed by atoms with Crippen LogP contribution >= 0.6 is 0 Å². The van der Waals surface area contributed by atoms with Crippen LogP contribution in [0.2, 0.25) is 0 Å². The van der Waals surface area contributed by atoms with E-state index in [0.29, 0.717) is 24.3 Å². The number of aromatic hydroxyl groups is 2. The Bertz CT molecular complexity index is 1160. The first kappa shape index (κ1) is 23.9. The average Bonchev–Trinajstić information content (AvgIpc) is 2.69. The van der Waals surface area contributed by atoms with Gasteiger partial charge < -0.3 is 14.8 Å². The molecule has 0 aliphatic rings. The molecule has 0 bridgehead atoms. The summed E-state index contributed by atoms with van der Waals surface area (Å²) in [5.74, 6) is -0.208. The number of phenols is 2. The molecule has 6 nitrogen and oxygen atoms in total. The number of aromatic nitrogens is 1. The minimum Gasteiger partial charge on any atom is -0.744 e. The summed E-state index contributed by atoms with van der Waals surface area (Å²) in [6.45, 7) is 0. The summed E-state index contributed by atoms with van der Waals surface area (Å²) in [5.41, 5.74) is 0.925. The quantitative estimate of drug-likeness (QED) is 0.358. The van der Waals surface area contributed by atoms with Crippen molar-refractivity contribution in [2.24, 2.45) is 7.05 Å². The van der Waals surface area contributed by atoms with E-state index in [4.69, 9.17) is 0 Å². The molecule has 1 aromatic heterocycles. The van der Waals surface area contributed by atoms with E-state index in [2.05, 4.69) is 0 Å². The van der Waals surface area contributed by atoms with Crippen LogP contribution < -0.4 is 4.57 Å². The lowest BCUT2D eigenvalue weighted by atomic mass is 10.1. The summed E-state index contributed by atoms with van der Waals surface area (Å²) in [7, 11) is -2.72. The number of benzene rings is 2. The van der Waals surface area contributed by atoms with Crippen molar-refractivity contribution in [2.75, 3.05) is 0 Å². The molecule has 0 radical (unpaired) electrons. The second-order valence-corrected chi connectivity index (χ2v) is 7.73. The zero-order valence-electron chi connectivity index (χ0n) is 16.1. The van der Waals surface area contributed by atoms with Crippen molar-refractivity contribution in [2.45, 2.75) is 11.1 Å². The molecule has 2 aromatic carbocycles. The Morgan fingerprint density at radius 1 is 0.871 bits per heavy atom. The number of rotatable bonds is 3. The second kappa shape index (κ2) is 9.63. The molecule has 0 spiro atoms. The van der Waals surface area contributed by atoms with Crippen LogP contribution in [0, 0.1) is 0 Å². The molecule has 1 heterocycles. The van der Waals surface area contributed by atoms with Gasteiger partial charge in [0.05, 0.1) is 10.5 Å². The Hall–Kier alpha value is -3.37. The van der Waals surface area contributed by atoms with E-state index in [1.165, 1.54) is 12.1 Å². The molecule has 10 heteroatoms. The lowest BCUT2D eigenvalue weighted by Gasteiger charge is -2.09. The number of aryl methyl sites for hydroxylation is 1. The van der Waals surface area contributed by atoms with Crippen molar-refractivity contribution >= 4 is 22.3 Å². The largest absolute Gasteiger partial charge is 0.744 e. The minimum absolute atomic E-state index is 0.103. The highest BCUT2D eigenvalue weighted by molar-refractivity contribution is 7.85. The topological polar surface area (TPSA) is 102 Å². The highest BCUT2D eigenvalue weighted by Crippen LogP contribution is 2.29. The predicted octanol–water partition coefficient (Wildman–Crippen LogP) is 3.70. The molecule has 2 N–H and O–H groups in total. The standard InChI is InChI=1S/C14H13NO2.C7H5F3O3S/c1-15-8-6-11(7-9-15)2-3-12-4-5-13(16)14(17)10-12;8-7(9,10)5-1-3-6(4-2-5)14(11,12)13/h2-10,17H,1H3;1-4H,(H,11,12,13). The highest BCUT2D eigenvalue weighted by Gasteiger charge is 2.30. The van der Waals surface area contributed by atoms with Crippen LogP contribution in [0.1, 0.15) is 16.7 Å². The van der Waals surface area contributed by atoms with Crippen molar-refractivity contribution in [3.05, 3.63) is 83.7 Å². The van der Waals surface area contributed by atoms with Crippen LogP contribution in [0.3, 0.4) is 0 Å². The van der Waals surface area contributed by atoms with Gasteiger partial charge in [-0.05, 0) is 47.5 Å². The van der Waals surface area contributed by atoms with Gasteiger partial charge in [-0.25, -0.2) is 13.0 Å². The maximum Gasteiger partial charge on any atom is 0.416 e. The normalized spacial score (nSPS) is 11.8. The summed E-state index contributed by atoms with van der Waals surface area (Å²) in [6.07, 6.45) is 3.23. The van der Waals surface area contributed by atoms with E-state index in [-0.39, 0.29) is 11.5 Å². The molecular weight excluding hydrogens is 435 g/mol. The third kappa shape index (κ3) is 7.43. The predicted molar refractivity (Wildman–Crippen MR) is 106 cm³/mol. The summed E-state index contributed by atoms with van der Waals surface area (Å²) < 4.78 is 69.0. The van der Waals surface area contributed by atoms with Gasteiger partial charge in [0.1, 0.15) is 17.2 Å². The smallest absolute Gasteiger partial charge is 0.416 e. The fourth-order valence-corrected chi connectivity index (χ4v) is 2.74. The van der Waals surface area contributed by atoms with Crippen LogP contribution in [0.4, 0.5) is 13.2 Å². The van der Waals surface area contributed by atoms with Crippen molar-refractivity contribution < 1.29 is 40.9 Å².